The van der Waals surface area contributed by atoms with E-state index in [0.717, 1.165) is 5.56 Å². The first-order chi connectivity index (χ1) is 18.4. The van der Waals surface area contributed by atoms with Crippen LogP contribution in [0.25, 0.3) is 0 Å². The lowest BCUT2D eigenvalue weighted by molar-refractivity contribution is -0.118. The van der Waals surface area contributed by atoms with Gasteiger partial charge in [0, 0.05) is 24.1 Å². The fraction of sp³-hybridized carbons (Fsp3) is 0.483. The summed E-state index contributed by atoms with van der Waals surface area (Å²) in [7, 11) is 1.49. The highest BCUT2D eigenvalue weighted by atomic mass is 79.9. The minimum absolute atomic E-state index is 0. The molecule has 11 heteroatoms. The molecule has 0 saturated heterocycles. The number of halogens is 2. The number of nitrogens with two attached hydrogens (primary N) is 1. The first-order valence-corrected chi connectivity index (χ1v) is 13.0. The van der Waals surface area contributed by atoms with Gasteiger partial charge in [-0.05, 0) is 49.4 Å². The monoisotopic (exact) mass is 623 g/mol. The van der Waals surface area contributed by atoms with Crippen LogP contribution in [0.15, 0.2) is 18.2 Å². The van der Waals surface area contributed by atoms with Crippen molar-refractivity contribution in [3.05, 3.63) is 46.3 Å². The van der Waals surface area contributed by atoms with E-state index in [1.165, 1.54) is 12.0 Å². The zero-order valence-corrected chi connectivity index (χ0v) is 25.7. The zero-order chi connectivity index (χ0) is 28.9. The molecule has 0 aromatic heterocycles. The number of methoxy groups -OCH3 is 1. The molecule has 2 aromatic carbocycles. The number of carbonyl (C=O) groups excluding carboxylic acids is 2. The Balaban J connectivity index is 0.00000560. The van der Waals surface area contributed by atoms with E-state index >= 15 is 4.39 Å². The number of carbonyl (C=O) groups is 2. The quantitative estimate of drug-likeness (QED) is 0.233. The number of ketones is 1. The number of rotatable bonds is 13. The zero-order valence-electron chi connectivity index (χ0n) is 23.9. The maximum atomic E-state index is 15.4. The first-order valence-electron chi connectivity index (χ1n) is 13.0. The average molecular weight is 625 g/mol. The Hall–Kier alpha value is -3.34. The van der Waals surface area contributed by atoms with Crippen LogP contribution in [0.4, 0.5) is 4.39 Å². The largest absolute Gasteiger partial charge is 0.493 e. The van der Waals surface area contributed by atoms with E-state index in [1.807, 2.05) is 20.8 Å². The van der Waals surface area contributed by atoms with Crippen molar-refractivity contribution in [2.75, 3.05) is 33.5 Å². The van der Waals surface area contributed by atoms with E-state index < -0.39 is 17.1 Å². The van der Waals surface area contributed by atoms with Gasteiger partial charge in [-0.15, -0.1) is 17.0 Å². The fourth-order valence-electron chi connectivity index (χ4n) is 4.46. The van der Waals surface area contributed by atoms with Gasteiger partial charge in [0.25, 0.3) is 0 Å². The van der Waals surface area contributed by atoms with Crippen molar-refractivity contribution in [3.63, 3.8) is 0 Å². The Labute approximate surface area is 245 Å². The number of amidine groups is 1. The predicted octanol–water partition coefficient (Wildman–Crippen LogP) is 5.18. The van der Waals surface area contributed by atoms with Crippen LogP contribution in [0, 0.1) is 11.2 Å². The highest BCUT2D eigenvalue weighted by molar-refractivity contribution is 8.93. The SMILES string of the molecule is Br.CCOc1cc2c(c(F)c1OCC)C(=N)N(CC(=O)c1cc(OC)c(OCCCC(N)=O)c(C(C)(C)C)c1)C2. The molecule has 1 aliphatic heterocycles. The number of fused-ring (bicyclic) bond motifs is 1. The Kier molecular flexibility index (Phi) is 11.4. The van der Waals surface area contributed by atoms with Crippen molar-refractivity contribution in [2.45, 2.75) is 59.4 Å². The van der Waals surface area contributed by atoms with Crippen molar-refractivity contribution in [1.82, 2.24) is 4.90 Å². The third-order valence-electron chi connectivity index (χ3n) is 6.32. The van der Waals surface area contributed by atoms with Crippen LogP contribution in [0.2, 0.25) is 0 Å². The van der Waals surface area contributed by atoms with E-state index in [2.05, 4.69) is 0 Å². The summed E-state index contributed by atoms with van der Waals surface area (Å²) in [4.78, 5) is 26.1. The number of amides is 1. The lowest BCUT2D eigenvalue weighted by atomic mass is 9.84. The molecule has 0 aliphatic carbocycles. The molecule has 3 rings (SSSR count). The summed E-state index contributed by atoms with van der Waals surface area (Å²) in [5.74, 6) is -0.263. The minimum Gasteiger partial charge on any atom is -0.493 e. The lowest BCUT2D eigenvalue weighted by Crippen LogP contribution is -2.30. The molecule has 1 aliphatic rings. The van der Waals surface area contributed by atoms with Gasteiger partial charge in [-0.3, -0.25) is 15.0 Å². The molecule has 0 radical (unpaired) electrons. The molecule has 220 valence electrons. The minimum atomic E-state index is -0.660. The van der Waals surface area contributed by atoms with Gasteiger partial charge in [0.1, 0.15) is 5.84 Å². The number of nitrogens with zero attached hydrogens (tertiary/aromatic N) is 1. The van der Waals surface area contributed by atoms with Gasteiger partial charge in [0.2, 0.25) is 5.91 Å². The molecule has 0 saturated carbocycles. The van der Waals surface area contributed by atoms with Crippen LogP contribution < -0.4 is 24.7 Å². The van der Waals surface area contributed by atoms with Crippen LogP contribution >= 0.6 is 17.0 Å². The molecule has 0 spiro atoms. The maximum absolute atomic E-state index is 15.4. The molecule has 3 N–H and O–H groups in total. The third-order valence-corrected chi connectivity index (χ3v) is 6.32. The summed E-state index contributed by atoms with van der Waals surface area (Å²) in [6.07, 6.45) is 0.652. The van der Waals surface area contributed by atoms with Crippen molar-refractivity contribution < 1.29 is 32.9 Å². The summed E-state index contributed by atoms with van der Waals surface area (Å²) < 4.78 is 38.0. The number of hydrogen-bond donors (Lipinski definition) is 2. The topological polar surface area (TPSA) is 124 Å². The average Bonchev–Trinajstić information content (AvgIpc) is 3.17. The summed E-state index contributed by atoms with van der Waals surface area (Å²) >= 11 is 0. The Morgan fingerprint density at radius 1 is 1.05 bits per heavy atom. The van der Waals surface area contributed by atoms with Gasteiger partial charge in [0.15, 0.2) is 34.6 Å². The summed E-state index contributed by atoms with van der Waals surface area (Å²) in [5, 5.41) is 8.62. The van der Waals surface area contributed by atoms with Gasteiger partial charge < -0.3 is 29.6 Å². The summed E-state index contributed by atoms with van der Waals surface area (Å²) in [6, 6.07) is 5.05. The van der Waals surface area contributed by atoms with Crippen molar-refractivity contribution in [2.24, 2.45) is 5.73 Å². The maximum Gasteiger partial charge on any atom is 0.217 e. The summed E-state index contributed by atoms with van der Waals surface area (Å²) in [5.41, 5.74) is 6.65. The van der Waals surface area contributed by atoms with Gasteiger partial charge in [0.05, 0.1) is 39.0 Å². The molecule has 2 aromatic rings. The Morgan fingerprint density at radius 3 is 2.30 bits per heavy atom. The molecule has 0 unspecified atom stereocenters. The number of benzene rings is 2. The highest BCUT2D eigenvalue weighted by Crippen LogP contribution is 2.41. The fourth-order valence-corrected chi connectivity index (χ4v) is 4.46. The van der Waals surface area contributed by atoms with Crippen molar-refractivity contribution in [3.8, 4) is 23.0 Å². The Morgan fingerprint density at radius 2 is 1.73 bits per heavy atom. The second-order valence-corrected chi connectivity index (χ2v) is 10.3. The molecule has 1 heterocycles. The third kappa shape index (κ3) is 7.24. The molecular formula is C29H39BrFN3O6. The molecular weight excluding hydrogens is 585 g/mol. The van der Waals surface area contributed by atoms with Gasteiger partial charge in [-0.2, -0.15) is 0 Å². The van der Waals surface area contributed by atoms with Crippen molar-refractivity contribution in [1.29, 1.82) is 5.41 Å². The Bertz CT molecular complexity index is 1260. The van der Waals surface area contributed by atoms with Gasteiger partial charge in [-0.1, -0.05) is 20.8 Å². The van der Waals surface area contributed by atoms with E-state index in [0.29, 0.717) is 35.7 Å². The second kappa shape index (κ2) is 13.8. The van der Waals surface area contributed by atoms with Gasteiger partial charge >= 0.3 is 0 Å². The summed E-state index contributed by atoms with van der Waals surface area (Å²) in [6.45, 7) is 10.4. The normalized spacial score (nSPS) is 12.5. The molecule has 9 nitrogen and oxygen atoms in total. The number of nitrogens with one attached hydrogen (secondary N) is 1. The molecule has 0 atom stereocenters. The number of hydrogen-bond acceptors (Lipinski definition) is 7. The molecule has 0 bridgehead atoms. The van der Waals surface area contributed by atoms with Crippen LogP contribution in [-0.2, 0) is 16.8 Å². The standard InChI is InChI=1S/C29H38FN3O6.BrH/c1-7-37-22-14-18-15-33(28(32)24(18)25(30)27(22)38-8-2)16-20(34)17-12-19(29(3,4)5)26(21(13-17)36-6)39-11-9-10-23(31)35;/h12-14,32H,7-11,15-16H2,1-6H3,(H2,31,35);1H. The second-order valence-electron chi connectivity index (χ2n) is 10.3. The van der Waals surface area contributed by atoms with Crippen LogP contribution in [-0.4, -0.2) is 55.9 Å². The van der Waals surface area contributed by atoms with E-state index in [1.54, 1.807) is 32.0 Å². The number of ether oxygens (including phenoxy) is 4. The number of Topliss-reactive ketones (excluding diaryl/α,β-unsaturated/α-hetero) is 1. The first kappa shape index (κ1) is 32.9. The highest BCUT2D eigenvalue weighted by Gasteiger charge is 2.33. The predicted molar refractivity (Wildman–Crippen MR) is 156 cm³/mol. The number of primary amides is 1. The van der Waals surface area contributed by atoms with Crippen LogP contribution in [0.1, 0.15) is 74.5 Å². The molecule has 1 amide bonds. The molecule has 0 fully saturated rings. The van der Waals surface area contributed by atoms with Crippen LogP contribution in [0.3, 0.4) is 0 Å². The van der Waals surface area contributed by atoms with Crippen LogP contribution in [0.5, 0.6) is 23.0 Å². The van der Waals surface area contributed by atoms with Crippen molar-refractivity contribution >= 4 is 34.5 Å². The smallest absolute Gasteiger partial charge is 0.217 e. The van der Waals surface area contributed by atoms with Gasteiger partial charge in [-0.25, -0.2) is 4.39 Å². The van der Waals surface area contributed by atoms with E-state index in [9.17, 15) is 9.59 Å². The lowest BCUT2D eigenvalue weighted by Gasteiger charge is -2.26. The van der Waals surface area contributed by atoms with E-state index in [4.69, 9.17) is 30.1 Å². The van der Waals surface area contributed by atoms with E-state index in [-0.39, 0.29) is 78.4 Å². The molecule has 40 heavy (non-hydrogen) atoms.